The van der Waals surface area contributed by atoms with Gasteiger partial charge in [-0.3, -0.25) is 0 Å². The number of carboxylic acid groups (broad SMARTS) is 1. The molecular weight excluding hydrogens is 240 g/mol. The van der Waals surface area contributed by atoms with Crippen molar-refractivity contribution in [3.63, 3.8) is 0 Å². The van der Waals surface area contributed by atoms with Gasteiger partial charge in [0.25, 0.3) is 0 Å². The maximum atomic E-state index is 10.5. The smallest absolute Gasteiger partial charge is 0.328 e. The number of aliphatic carboxylic acids is 1. The summed E-state index contributed by atoms with van der Waals surface area (Å²) >= 11 is 0. The molecule has 1 unspecified atom stereocenters. The summed E-state index contributed by atoms with van der Waals surface area (Å²) in [6.07, 6.45) is 9.08. The summed E-state index contributed by atoms with van der Waals surface area (Å²) in [7, 11) is 0. The van der Waals surface area contributed by atoms with E-state index in [1.165, 1.54) is 25.7 Å². The normalized spacial score (nSPS) is 23.7. The number of hydrogen-bond acceptors (Lipinski definition) is 2. The van der Waals surface area contributed by atoms with E-state index in [0.29, 0.717) is 12.0 Å². The molecule has 1 fully saturated rings. The van der Waals surface area contributed by atoms with E-state index >= 15 is 0 Å². The molecule has 1 aliphatic rings. The standard InChI is InChI=1S/C16H28O3/c1-15(2)9-5-6-13(12-15)8-11-19-16(3,4)10-7-14(17)18/h7,10,13H,5-6,8-9,11-12H2,1-4H3,(H,17,18). The van der Waals surface area contributed by atoms with Crippen LogP contribution in [0.15, 0.2) is 12.2 Å². The lowest BCUT2D eigenvalue weighted by molar-refractivity contribution is -0.131. The van der Waals surface area contributed by atoms with Gasteiger partial charge >= 0.3 is 5.97 Å². The summed E-state index contributed by atoms with van der Waals surface area (Å²) in [4.78, 5) is 10.5. The first kappa shape index (κ1) is 16.2. The van der Waals surface area contributed by atoms with Crippen LogP contribution < -0.4 is 0 Å². The molecule has 3 heteroatoms. The predicted octanol–water partition coefficient (Wildman–Crippen LogP) is 4.03. The second-order valence-corrected chi connectivity index (χ2v) is 7.04. The Balaban J connectivity index is 2.31. The van der Waals surface area contributed by atoms with Crippen LogP contribution in [0.4, 0.5) is 0 Å². The van der Waals surface area contributed by atoms with Crippen LogP contribution in [0, 0.1) is 11.3 Å². The van der Waals surface area contributed by atoms with Crippen molar-refractivity contribution >= 4 is 5.97 Å². The number of carboxylic acids is 1. The van der Waals surface area contributed by atoms with Crippen LogP contribution in [0.1, 0.15) is 59.8 Å². The summed E-state index contributed by atoms with van der Waals surface area (Å²) in [5.74, 6) is -0.172. The van der Waals surface area contributed by atoms with E-state index in [4.69, 9.17) is 9.84 Å². The van der Waals surface area contributed by atoms with Gasteiger partial charge in [-0.25, -0.2) is 4.79 Å². The summed E-state index contributed by atoms with van der Waals surface area (Å²) in [5, 5.41) is 8.62. The fraction of sp³-hybridized carbons (Fsp3) is 0.812. The zero-order valence-corrected chi connectivity index (χ0v) is 12.7. The molecule has 1 N–H and O–H groups in total. The van der Waals surface area contributed by atoms with E-state index in [9.17, 15) is 4.79 Å². The van der Waals surface area contributed by atoms with Crippen LogP contribution in [0.3, 0.4) is 0 Å². The summed E-state index contributed by atoms with van der Waals surface area (Å²) in [5.41, 5.74) is -0.0236. The van der Waals surface area contributed by atoms with Crippen LogP contribution in [-0.4, -0.2) is 23.3 Å². The molecule has 3 nitrogen and oxygen atoms in total. The van der Waals surface area contributed by atoms with Gasteiger partial charge in [0.2, 0.25) is 0 Å². The Bertz CT molecular complexity index is 329. The molecule has 0 aromatic carbocycles. The van der Waals surface area contributed by atoms with Crippen LogP contribution in [0.5, 0.6) is 0 Å². The van der Waals surface area contributed by atoms with Crippen molar-refractivity contribution in [3.05, 3.63) is 12.2 Å². The first-order valence-electron chi connectivity index (χ1n) is 7.26. The van der Waals surface area contributed by atoms with Gasteiger partial charge < -0.3 is 9.84 Å². The Morgan fingerprint density at radius 1 is 1.47 bits per heavy atom. The maximum Gasteiger partial charge on any atom is 0.328 e. The van der Waals surface area contributed by atoms with Crippen molar-refractivity contribution in [3.8, 4) is 0 Å². The first-order chi connectivity index (χ1) is 8.70. The lowest BCUT2D eigenvalue weighted by atomic mass is 9.71. The lowest BCUT2D eigenvalue weighted by Gasteiger charge is -2.35. The first-order valence-corrected chi connectivity index (χ1v) is 7.26. The summed E-state index contributed by atoms with van der Waals surface area (Å²) in [6.45, 7) is 9.20. The van der Waals surface area contributed by atoms with Gasteiger partial charge in [0.1, 0.15) is 0 Å². The van der Waals surface area contributed by atoms with Gasteiger partial charge in [0.05, 0.1) is 5.60 Å². The minimum absolute atomic E-state index is 0.474. The average molecular weight is 268 g/mol. The molecule has 1 rings (SSSR count). The molecule has 1 aliphatic carbocycles. The van der Waals surface area contributed by atoms with Crippen LogP contribution in [0.2, 0.25) is 0 Å². The van der Waals surface area contributed by atoms with E-state index in [0.717, 1.165) is 18.4 Å². The summed E-state index contributed by atoms with van der Waals surface area (Å²) in [6, 6.07) is 0. The van der Waals surface area contributed by atoms with E-state index in [1.54, 1.807) is 6.08 Å². The van der Waals surface area contributed by atoms with Gasteiger partial charge in [-0.05, 0) is 50.5 Å². The van der Waals surface area contributed by atoms with E-state index < -0.39 is 11.6 Å². The van der Waals surface area contributed by atoms with Crippen molar-refractivity contribution in [2.24, 2.45) is 11.3 Å². The Kier molecular flexibility index (Phi) is 5.60. The molecule has 0 heterocycles. The SMILES string of the molecule is CC1(C)CCCC(CCOC(C)(C)C=CC(=O)O)C1. The van der Waals surface area contributed by atoms with E-state index in [1.807, 2.05) is 13.8 Å². The van der Waals surface area contributed by atoms with Gasteiger partial charge in [0, 0.05) is 12.7 Å². The van der Waals surface area contributed by atoms with Crippen molar-refractivity contribution in [2.45, 2.75) is 65.4 Å². The topological polar surface area (TPSA) is 46.5 Å². The largest absolute Gasteiger partial charge is 0.478 e. The quantitative estimate of drug-likeness (QED) is 0.740. The van der Waals surface area contributed by atoms with Gasteiger partial charge in [-0.2, -0.15) is 0 Å². The molecule has 0 bridgehead atoms. The van der Waals surface area contributed by atoms with Crippen LogP contribution in [0.25, 0.3) is 0 Å². The highest BCUT2D eigenvalue weighted by molar-refractivity contribution is 5.79. The molecule has 0 aliphatic heterocycles. The second kappa shape index (κ2) is 6.56. The minimum Gasteiger partial charge on any atom is -0.478 e. The van der Waals surface area contributed by atoms with Crippen LogP contribution in [-0.2, 0) is 9.53 Å². The van der Waals surface area contributed by atoms with Crippen molar-refractivity contribution < 1.29 is 14.6 Å². The third-order valence-electron chi connectivity index (χ3n) is 3.93. The molecule has 0 amide bonds. The average Bonchev–Trinajstić information content (AvgIpc) is 2.25. The Labute approximate surface area is 117 Å². The van der Waals surface area contributed by atoms with Gasteiger partial charge in [-0.15, -0.1) is 0 Å². The number of ether oxygens (including phenoxy) is 1. The molecule has 0 aromatic rings. The van der Waals surface area contributed by atoms with Crippen LogP contribution >= 0.6 is 0 Å². The third-order valence-corrected chi connectivity index (χ3v) is 3.93. The second-order valence-electron chi connectivity index (χ2n) is 7.04. The molecule has 19 heavy (non-hydrogen) atoms. The zero-order chi connectivity index (χ0) is 14.5. The highest BCUT2D eigenvalue weighted by atomic mass is 16.5. The Morgan fingerprint density at radius 2 is 2.16 bits per heavy atom. The molecule has 1 atom stereocenters. The number of carbonyl (C=O) groups is 1. The lowest BCUT2D eigenvalue weighted by Crippen LogP contribution is -2.26. The highest BCUT2D eigenvalue weighted by Crippen LogP contribution is 2.39. The summed E-state index contributed by atoms with van der Waals surface area (Å²) < 4.78 is 5.80. The van der Waals surface area contributed by atoms with Gasteiger partial charge in [0.15, 0.2) is 0 Å². The molecule has 0 saturated heterocycles. The molecule has 0 spiro atoms. The molecule has 1 saturated carbocycles. The predicted molar refractivity (Wildman–Crippen MR) is 77.2 cm³/mol. The fourth-order valence-corrected chi connectivity index (χ4v) is 2.91. The van der Waals surface area contributed by atoms with Crippen molar-refractivity contribution in [1.82, 2.24) is 0 Å². The molecular formula is C16H28O3. The third kappa shape index (κ3) is 6.76. The monoisotopic (exact) mass is 268 g/mol. The maximum absolute atomic E-state index is 10.5. The number of rotatable bonds is 6. The fourth-order valence-electron chi connectivity index (χ4n) is 2.91. The minimum atomic E-state index is -0.925. The van der Waals surface area contributed by atoms with E-state index in [2.05, 4.69) is 13.8 Å². The molecule has 0 aromatic heterocycles. The van der Waals surface area contributed by atoms with Crippen molar-refractivity contribution in [1.29, 1.82) is 0 Å². The van der Waals surface area contributed by atoms with Gasteiger partial charge in [-0.1, -0.05) is 26.7 Å². The Hall–Kier alpha value is -0.830. The van der Waals surface area contributed by atoms with E-state index in [-0.39, 0.29) is 0 Å². The Morgan fingerprint density at radius 3 is 2.74 bits per heavy atom. The molecule has 110 valence electrons. The number of hydrogen-bond donors (Lipinski definition) is 1. The molecule has 0 radical (unpaired) electrons. The highest BCUT2D eigenvalue weighted by Gasteiger charge is 2.28. The van der Waals surface area contributed by atoms with Crippen molar-refractivity contribution in [2.75, 3.05) is 6.61 Å². The zero-order valence-electron chi connectivity index (χ0n) is 12.7.